The van der Waals surface area contributed by atoms with E-state index in [1.165, 1.54) is 0 Å². The Bertz CT molecular complexity index is 212. The first-order chi connectivity index (χ1) is 5.25. The highest BCUT2D eigenvalue weighted by Crippen LogP contribution is 2.26. The van der Waals surface area contributed by atoms with Crippen molar-refractivity contribution >= 4 is 5.91 Å². The molecule has 11 heavy (non-hydrogen) atoms. The zero-order valence-electron chi connectivity index (χ0n) is 6.16. The lowest BCUT2D eigenvalue weighted by Gasteiger charge is -2.21. The first-order valence-corrected chi connectivity index (χ1v) is 3.91. The number of amides is 1. The lowest BCUT2D eigenvalue weighted by atomic mass is 9.89. The van der Waals surface area contributed by atoms with Crippen LogP contribution in [-0.2, 0) is 4.79 Å². The molecule has 2 aliphatic rings. The van der Waals surface area contributed by atoms with Crippen LogP contribution in [0.4, 0.5) is 0 Å². The number of carbonyl (C=O) groups is 1. The van der Waals surface area contributed by atoms with Crippen LogP contribution >= 0.6 is 0 Å². The van der Waals surface area contributed by atoms with Gasteiger partial charge >= 0.3 is 0 Å². The van der Waals surface area contributed by atoms with E-state index in [9.17, 15) is 9.90 Å². The molecule has 3 unspecified atom stereocenters. The smallest absolute Gasteiger partial charge is 0.220 e. The molecule has 0 radical (unpaired) electrons. The van der Waals surface area contributed by atoms with Gasteiger partial charge in [0.1, 0.15) is 0 Å². The molecule has 2 rings (SSSR count). The average molecular weight is 153 g/mol. The quantitative estimate of drug-likeness (QED) is 0.474. The minimum absolute atomic E-state index is 0.110. The van der Waals surface area contributed by atoms with Crippen LogP contribution in [0.15, 0.2) is 12.2 Å². The second kappa shape index (κ2) is 2.34. The topological polar surface area (TPSA) is 49.3 Å². The van der Waals surface area contributed by atoms with E-state index in [-0.39, 0.29) is 18.1 Å². The summed E-state index contributed by atoms with van der Waals surface area (Å²) in [7, 11) is 0. The number of carbonyl (C=O) groups excluding carboxylic acids is 1. The molecular formula is C8H11NO2. The highest BCUT2D eigenvalue weighted by atomic mass is 16.3. The molecule has 0 aromatic heterocycles. The zero-order valence-corrected chi connectivity index (χ0v) is 6.16. The van der Waals surface area contributed by atoms with Crippen LogP contribution in [0.2, 0.25) is 0 Å². The number of fused-ring (bicyclic) bond motifs is 1. The molecule has 60 valence electrons. The molecule has 1 amide bonds. The van der Waals surface area contributed by atoms with E-state index in [1.807, 2.05) is 6.08 Å². The van der Waals surface area contributed by atoms with Crippen LogP contribution in [0.5, 0.6) is 0 Å². The highest BCUT2D eigenvalue weighted by Gasteiger charge is 2.33. The van der Waals surface area contributed by atoms with Crippen molar-refractivity contribution < 1.29 is 9.90 Å². The van der Waals surface area contributed by atoms with Gasteiger partial charge in [-0.15, -0.1) is 0 Å². The van der Waals surface area contributed by atoms with Crippen LogP contribution in [0, 0.1) is 5.92 Å². The zero-order chi connectivity index (χ0) is 7.84. The van der Waals surface area contributed by atoms with Crippen LogP contribution in [-0.4, -0.2) is 23.2 Å². The van der Waals surface area contributed by atoms with Gasteiger partial charge in [-0.3, -0.25) is 4.79 Å². The Morgan fingerprint density at radius 3 is 3.18 bits per heavy atom. The van der Waals surface area contributed by atoms with Crippen molar-refractivity contribution in [2.75, 3.05) is 0 Å². The summed E-state index contributed by atoms with van der Waals surface area (Å²) in [6.45, 7) is 0. The van der Waals surface area contributed by atoms with Crippen molar-refractivity contribution in [1.82, 2.24) is 5.32 Å². The van der Waals surface area contributed by atoms with Crippen LogP contribution < -0.4 is 5.32 Å². The minimum Gasteiger partial charge on any atom is -0.389 e. The van der Waals surface area contributed by atoms with Gasteiger partial charge in [0.15, 0.2) is 0 Å². The van der Waals surface area contributed by atoms with Crippen molar-refractivity contribution in [3.63, 3.8) is 0 Å². The van der Waals surface area contributed by atoms with Gasteiger partial charge in [-0.2, -0.15) is 0 Å². The number of nitrogens with one attached hydrogen (secondary N) is 1. The summed E-state index contributed by atoms with van der Waals surface area (Å²) in [5.74, 6) is 0.432. The normalized spacial score (nSPS) is 41.9. The largest absolute Gasteiger partial charge is 0.389 e. The number of rotatable bonds is 0. The number of hydrogen-bond acceptors (Lipinski definition) is 2. The van der Waals surface area contributed by atoms with E-state index in [0.29, 0.717) is 12.3 Å². The maximum atomic E-state index is 10.9. The highest BCUT2D eigenvalue weighted by molar-refractivity contribution is 5.79. The van der Waals surface area contributed by atoms with Gasteiger partial charge in [0.25, 0.3) is 0 Å². The molecule has 1 aliphatic carbocycles. The molecule has 2 N–H and O–H groups in total. The summed E-state index contributed by atoms with van der Waals surface area (Å²) in [4.78, 5) is 10.9. The molecule has 1 heterocycles. The maximum absolute atomic E-state index is 10.9. The monoisotopic (exact) mass is 153 g/mol. The average Bonchev–Trinajstić information content (AvgIpc) is 2.27. The molecular weight excluding hydrogens is 142 g/mol. The Hall–Kier alpha value is -0.830. The van der Waals surface area contributed by atoms with Crippen LogP contribution in [0.1, 0.15) is 12.8 Å². The van der Waals surface area contributed by atoms with Gasteiger partial charge < -0.3 is 10.4 Å². The van der Waals surface area contributed by atoms with Crippen molar-refractivity contribution in [2.24, 2.45) is 5.92 Å². The van der Waals surface area contributed by atoms with E-state index >= 15 is 0 Å². The Labute approximate surface area is 65.1 Å². The summed E-state index contributed by atoms with van der Waals surface area (Å²) in [5.41, 5.74) is 0. The number of aliphatic hydroxyl groups is 1. The minimum atomic E-state index is -0.344. The first-order valence-electron chi connectivity index (χ1n) is 3.91. The molecule has 0 bridgehead atoms. The van der Waals surface area contributed by atoms with Gasteiger partial charge in [-0.25, -0.2) is 0 Å². The van der Waals surface area contributed by atoms with Gasteiger partial charge in [0.2, 0.25) is 5.91 Å². The summed E-state index contributed by atoms with van der Waals surface area (Å²) in [5, 5.41) is 12.1. The van der Waals surface area contributed by atoms with E-state index in [0.717, 1.165) is 6.42 Å². The van der Waals surface area contributed by atoms with E-state index in [1.54, 1.807) is 6.08 Å². The van der Waals surface area contributed by atoms with Gasteiger partial charge in [-0.05, 0) is 12.3 Å². The summed E-state index contributed by atoms with van der Waals surface area (Å²) >= 11 is 0. The van der Waals surface area contributed by atoms with E-state index in [4.69, 9.17) is 0 Å². The van der Waals surface area contributed by atoms with Crippen molar-refractivity contribution in [1.29, 1.82) is 0 Å². The lowest BCUT2D eigenvalue weighted by molar-refractivity contribution is -0.119. The predicted octanol–water partition coefficient (Wildman–Crippen LogP) is -0.188. The van der Waals surface area contributed by atoms with Gasteiger partial charge in [-0.1, -0.05) is 12.2 Å². The molecule has 1 fully saturated rings. The lowest BCUT2D eigenvalue weighted by Crippen LogP contribution is -2.31. The van der Waals surface area contributed by atoms with Crippen molar-refractivity contribution in [3.05, 3.63) is 12.2 Å². The molecule has 0 spiro atoms. The maximum Gasteiger partial charge on any atom is 0.220 e. The fourth-order valence-electron chi connectivity index (χ4n) is 1.80. The Balaban J connectivity index is 2.13. The Kier molecular flexibility index (Phi) is 1.46. The molecule has 0 saturated carbocycles. The first kappa shape index (κ1) is 6.85. The SMILES string of the molecule is O=C1CC2CC(O)C=CC2N1. The van der Waals surface area contributed by atoms with Crippen LogP contribution in [0.3, 0.4) is 0 Å². The molecule has 3 nitrogen and oxygen atoms in total. The van der Waals surface area contributed by atoms with E-state index < -0.39 is 0 Å². The molecule has 0 aromatic rings. The second-order valence-electron chi connectivity index (χ2n) is 3.25. The third kappa shape index (κ3) is 1.16. The standard InChI is InChI=1S/C8H11NO2/c10-6-1-2-7-5(3-6)4-8(11)9-7/h1-2,5-7,10H,3-4H2,(H,9,11). The molecule has 3 atom stereocenters. The second-order valence-corrected chi connectivity index (χ2v) is 3.25. The third-order valence-corrected chi connectivity index (χ3v) is 2.37. The van der Waals surface area contributed by atoms with Crippen molar-refractivity contribution in [3.8, 4) is 0 Å². The summed E-state index contributed by atoms with van der Waals surface area (Å²) in [6, 6.07) is 0.186. The predicted molar refractivity (Wildman–Crippen MR) is 39.8 cm³/mol. The van der Waals surface area contributed by atoms with Crippen molar-refractivity contribution in [2.45, 2.75) is 25.0 Å². The number of hydrogen-bond donors (Lipinski definition) is 2. The fraction of sp³-hybridized carbons (Fsp3) is 0.625. The van der Waals surface area contributed by atoms with E-state index in [2.05, 4.69) is 5.32 Å². The molecule has 3 heteroatoms. The molecule has 1 saturated heterocycles. The molecule has 0 aromatic carbocycles. The summed E-state index contributed by atoms with van der Waals surface area (Å²) < 4.78 is 0. The van der Waals surface area contributed by atoms with Gasteiger partial charge in [0, 0.05) is 6.42 Å². The fourth-order valence-corrected chi connectivity index (χ4v) is 1.80. The third-order valence-electron chi connectivity index (χ3n) is 2.37. The van der Waals surface area contributed by atoms with Crippen LogP contribution in [0.25, 0.3) is 0 Å². The Morgan fingerprint density at radius 1 is 1.55 bits per heavy atom. The van der Waals surface area contributed by atoms with Gasteiger partial charge in [0.05, 0.1) is 12.1 Å². The Morgan fingerprint density at radius 2 is 2.36 bits per heavy atom. The molecule has 1 aliphatic heterocycles. The number of aliphatic hydroxyl groups excluding tert-OH is 1. The summed E-state index contributed by atoms with van der Waals surface area (Å²) in [6.07, 6.45) is 4.60.